The highest BCUT2D eigenvalue weighted by molar-refractivity contribution is 5.81. The van der Waals surface area contributed by atoms with E-state index in [0.717, 1.165) is 18.6 Å². The lowest BCUT2D eigenvalue weighted by Crippen LogP contribution is -2.55. The third kappa shape index (κ3) is 5.26. The molecular weight excluding hydrogens is 290 g/mol. The van der Waals surface area contributed by atoms with Crippen molar-refractivity contribution in [2.24, 2.45) is 11.7 Å². The molecule has 0 aliphatic rings. The van der Waals surface area contributed by atoms with Gasteiger partial charge in [0.1, 0.15) is 5.75 Å². The van der Waals surface area contributed by atoms with Gasteiger partial charge in [-0.1, -0.05) is 13.8 Å². The summed E-state index contributed by atoms with van der Waals surface area (Å²) >= 11 is 0. The van der Waals surface area contributed by atoms with Crippen molar-refractivity contribution in [2.45, 2.75) is 45.8 Å². The third-order valence-corrected chi connectivity index (χ3v) is 3.31. The van der Waals surface area contributed by atoms with Gasteiger partial charge in [0, 0.05) is 18.2 Å². The van der Waals surface area contributed by atoms with E-state index in [0.29, 0.717) is 12.5 Å². The van der Waals surface area contributed by atoms with Crippen LogP contribution in [0.25, 0.3) is 0 Å². The zero-order chi connectivity index (χ0) is 16.9. The van der Waals surface area contributed by atoms with E-state index >= 15 is 0 Å². The van der Waals surface area contributed by atoms with Crippen molar-refractivity contribution in [3.05, 3.63) is 29.8 Å². The molecule has 6 heteroatoms. The Morgan fingerprint density at radius 3 is 2.45 bits per heavy atom. The number of nitrogens with two attached hydrogens (primary N) is 1. The van der Waals surface area contributed by atoms with E-state index in [1.54, 1.807) is 6.92 Å². The number of hydrogen-bond donors (Lipinski definition) is 2. The summed E-state index contributed by atoms with van der Waals surface area (Å²) in [6, 6.07) is 3.14. The smallest absolute Gasteiger partial charge is 0.261 e. The molecule has 2 unspecified atom stereocenters. The van der Waals surface area contributed by atoms with Crippen LogP contribution in [-0.4, -0.2) is 24.1 Å². The predicted octanol–water partition coefficient (Wildman–Crippen LogP) is 2.61. The Balaban J connectivity index is 2.69. The molecule has 0 saturated carbocycles. The molecule has 0 fully saturated rings. The van der Waals surface area contributed by atoms with Crippen LogP contribution in [0.5, 0.6) is 5.75 Å². The molecular formula is C16H24F2N2O2. The molecule has 1 aromatic carbocycles. The third-order valence-electron chi connectivity index (χ3n) is 3.31. The molecule has 2 atom stereocenters. The van der Waals surface area contributed by atoms with E-state index in [9.17, 15) is 13.6 Å². The molecule has 1 amide bonds. The SMILES string of the molecule is CC(C)CC(C)(CN)NC(=O)C(C)Oc1ccc(F)c(F)c1. The summed E-state index contributed by atoms with van der Waals surface area (Å²) in [6.07, 6.45) is -0.115. The summed E-state index contributed by atoms with van der Waals surface area (Å²) < 4.78 is 31.3. The molecule has 0 aromatic heterocycles. The van der Waals surface area contributed by atoms with Crippen LogP contribution in [0.4, 0.5) is 8.78 Å². The first kappa shape index (κ1) is 18.4. The van der Waals surface area contributed by atoms with Gasteiger partial charge < -0.3 is 15.8 Å². The Morgan fingerprint density at radius 1 is 1.32 bits per heavy atom. The van der Waals surface area contributed by atoms with Crippen molar-refractivity contribution < 1.29 is 18.3 Å². The topological polar surface area (TPSA) is 64.3 Å². The van der Waals surface area contributed by atoms with Gasteiger partial charge in [0.25, 0.3) is 5.91 Å². The summed E-state index contributed by atoms with van der Waals surface area (Å²) in [7, 11) is 0. The van der Waals surface area contributed by atoms with Crippen LogP contribution in [0, 0.1) is 17.6 Å². The summed E-state index contributed by atoms with van der Waals surface area (Å²) in [5.41, 5.74) is 5.22. The zero-order valence-electron chi connectivity index (χ0n) is 13.5. The Bertz CT molecular complexity index is 523. The van der Waals surface area contributed by atoms with Gasteiger partial charge in [-0.3, -0.25) is 4.79 Å². The second-order valence-corrected chi connectivity index (χ2v) is 6.19. The molecule has 4 nitrogen and oxygen atoms in total. The van der Waals surface area contributed by atoms with E-state index in [1.165, 1.54) is 6.07 Å². The maximum atomic E-state index is 13.1. The largest absolute Gasteiger partial charge is 0.481 e. The van der Waals surface area contributed by atoms with Crippen molar-refractivity contribution in [1.82, 2.24) is 5.32 Å². The van der Waals surface area contributed by atoms with Crippen molar-refractivity contribution in [3.8, 4) is 5.75 Å². The van der Waals surface area contributed by atoms with Crippen molar-refractivity contribution >= 4 is 5.91 Å². The molecule has 124 valence electrons. The quantitative estimate of drug-likeness (QED) is 0.813. The Labute approximate surface area is 130 Å². The van der Waals surface area contributed by atoms with Crippen LogP contribution in [-0.2, 0) is 4.79 Å². The molecule has 0 bridgehead atoms. The average molecular weight is 314 g/mol. The molecule has 0 aliphatic heterocycles. The number of ether oxygens (including phenoxy) is 1. The fourth-order valence-corrected chi connectivity index (χ4v) is 2.29. The number of rotatable bonds is 7. The molecule has 0 aliphatic carbocycles. The van der Waals surface area contributed by atoms with Crippen LogP contribution in [0.2, 0.25) is 0 Å². The summed E-state index contributed by atoms with van der Waals surface area (Å²) in [5.74, 6) is -1.86. The number of benzene rings is 1. The van der Waals surface area contributed by atoms with Gasteiger partial charge in [-0.2, -0.15) is 0 Å². The molecule has 0 radical (unpaired) electrons. The maximum absolute atomic E-state index is 13.1. The minimum absolute atomic E-state index is 0.0971. The van der Waals surface area contributed by atoms with E-state index in [1.807, 2.05) is 20.8 Å². The first-order valence-electron chi connectivity index (χ1n) is 7.30. The van der Waals surface area contributed by atoms with Crippen molar-refractivity contribution in [3.63, 3.8) is 0 Å². The van der Waals surface area contributed by atoms with Gasteiger partial charge >= 0.3 is 0 Å². The zero-order valence-corrected chi connectivity index (χ0v) is 13.5. The predicted molar refractivity (Wildman–Crippen MR) is 81.5 cm³/mol. The van der Waals surface area contributed by atoms with Gasteiger partial charge in [0.05, 0.1) is 0 Å². The van der Waals surface area contributed by atoms with E-state index < -0.39 is 23.3 Å². The lowest BCUT2D eigenvalue weighted by atomic mass is 9.90. The molecule has 0 heterocycles. The molecule has 1 rings (SSSR count). The van der Waals surface area contributed by atoms with Gasteiger partial charge in [-0.05, 0) is 38.3 Å². The van der Waals surface area contributed by atoms with E-state index in [-0.39, 0.29) is 11.7 Å². The summed E-state index contributed by atoms with van der Waals surface area (Å²) in [6.45, 7) is 7.80. The summed E-state index contributed by atoms with van der Waals surface area (Å²) in [5, 5.41) is 2.86. The fourth-order valence-electron chi connectivity index (χ4n) is 2.29. The van der Waals surface area contributed by atoms with Crippen LogP contribution in [0.1, 0.15) is 34.1 Å². The lowest BCUT2D eigenvalue weighted by Gasteiger charge is -2.32. The fraction of sp³-hybridized carbons (Fsp3) is 0.562. The number of carbonyl (C=O) groups excluding carboxylic acids is 1. The molecule has 3 N–H and O–H groups in total. The Hall–Kier alpha value is -1.69. The van der Waals surface area contributed by atoms with Crippen molar-refractivity contribution in [2.75, 3.05) is 6.54 Å². The average Bonchev–Trinajstić information content (AvgIpc) is 2.41. The van der Waals surface area contributed by atoms with Gasteiger partial charge in [-0.25, -0.2) is 8.78 Å². The maximum Gasteiger partial charge on any atom is 0.261 e. The molecule has 0 saturated heterocycles. The standard InChI is InChI=1S/C16H24F2N2O2/c1-10(2)8-16(4,9-19)20-15(21)11(3)22-12-5-6-13(17)14(18)7-12/h5-7,10-11H,8-9,19H2,1-4H3,(H,20,21). The van der Waals surface area contributed by atoms with Gasteiger partial charge in [0.15, 0.2) is 17.7 Å². The second-order valence-electron chi connectivity index (χ2n) is 6.19. The Morgan fingerprint density at radius 2 is 1.95 bits per heavy atom. The van der Waals surface area contributed by atoms with Gasteiger partial charge in [0.2, 0.25) is 0 Å². The molecule has 22 heavy (non-hydrogen) atoms. The minimum atomic E-state index is -1.02. The van der Waals surface area contributed by atoms with Crippen molar-refractivity contribution in [1.29, 1.82) is 0 Å². The number of carbonyl (C=O) groups is 1. The van der Waals surface area contributed by atoms with E-state index in [4.69, 9.17) is 10.5 Å². The van der Waals surface area contributed by atoms with Gasteiger partial charge in [-0.15, -0.1) is 0 Å². The normalized spacial score (nSPS) is 15.3. The number of halogens is 2. The molecule has 1 aromatic rings. The first-order chi connectivity index (χ1) is 10.2. The Kier molecular flexibility index (Phi) is 6.29. The summed E-state index contributed by atoms with van der Waals surface area (Å²) in [4.78, 5) is 12.2. The lowest BCUT2D eigenvalue weighted by molar-refractivity contribution is -0.129. The first-order valence-corrected chi connectivity index (χ1v) is 7.30. The number of nitrogens with one attached hydrogen (secondary N) is 1. The van der Waals surface area contributed by atoms with Crippen LogP contribution >= 0.6 is 0 Å². The minimum Gasteiger partial charge on any atom is -0.481 e. The van der Waals surface area contributed by atoms with E-state index in [2.05, 4.69) is 5.32 Å². The van der Waals surface area contributed by atoms with Crippen LogP contribution in [0.15, 0.2) is 18.2 Å². The van der Waals surface area contributed by atoms with Crippen LogP contribution < -0.4 is 15.8 Å². The number of hydrogen-bond acceptors (Lipinski definition) is 3. The highest BCUT2D eigenvalue weighted by atomic mass is 19.2. The highest BCUT2D eigenvalue weighted by Crippen LogP contribution is 2.18. The molecule has 0 spiro atoms. The van der Waals surface area contributed by atoms with Crippen LogP contribution in [0.3, 0.4) is 0 Å². The number of amides is 1. The second kappa shape index (κ2) is 7.54. The monoisotopic (exact) mass is 314 g/mol. The highest BCUT2D eigenvalue weighted by Gasteiger charge is 2.28.